The summed E-state index contributed by atoms with van der Waals surface area (Å²) in [5, 5.41) is 9.34. The summed E-state index contributed by atoms with van der Waals surface area (Å²) < 4.78 is 0. The number of rotatable bonds is 7. The molecule has 0 bridgehead atoms. The fourth-order valence-electron chi connectivity index (χ4n) is 1.95. The quantitative estimate of drug-likeness (QED) is 0.821. The number of nitrogens with zero attached hydrogens (tertiary/aromatic N) is 3. The fraction of sp³-hybridized carbons (Fsp3) is 0.643. The minimum Gasteiger partial charge on any atom is -0.476 e. The van der Waals surface area contributed by atoms with Gasteiger partial charge in [0.15, 0.2) is 5.69 Å². The topological polar surface area (TPSA) is 66.3 Å². The molecule has 1 aromatic rings. The van der Waals surface area contributed by atoms with Crippen molar-refractivity contribution >= 4 is 11.7 Å². The lowest BCUT2D eigenvalue weighted by molar-refractivity contribution is 0.0690. The smallest absolute Gasteiger partial charge is 0.356 e. The van der Waals surface area contributed by atoms with Crippen LogP contribution >= 0.6 is 0 Å². The summed E-state index contributed by atoms with van der Waals surface area (Å²) in [6.07, 6.45) is 3.58. The van der Waals surface area contributed by atoms with Gasteiger partial charge in [-0.2, -0.15) is 0 Å². The van der Waals surface area contributed by atoms with Crippen LogP contribution in [0.15, 0.2) is 6.20 Å². The summed E-state index contributed by atoms with van der Waals surface area (Å²) in [6.45, 7) is 9.70. The van der Waals surface area contributed by atoms with E-state index in [1.807, 2.05) is 18.7 Å². The van der Waals surface area contributed by atoms with E-state index < -0.39 is 5.97 Å². The first-order chi connectivity index (χ1) is 9.01. The van der Waals surface area contributed by atoms with Crippen molar-refractivity contribution in [1.82, 2.24) is 9.97 Å². The van der Waals surface area contributed by atoms with Crippen LogP contribution in [0.3, 0.4) is 0 Å². The van der Waals surface area contributed by atoms with Crippen LogP contribution in [0.4, 0.5) is 5.69 Å². The Morgan fingerprint density at radius 1 is 1.32 bits per heavy atom. The number of hydrogen-bond donors (Lipinski definition) is 1. The molecule has 0 radical (unpaired) electrons. The second-order valence-corrected chi connectivity index (χ2v) is 4.91. The molecule has 0 aliphatic rings. The van der Waals surface area contributed by atoms with Gasteiger partial charge >= 0.3 is 5.97 Å². The van der Waals surface area contributed by atoms with E-state index in [4.69, 9.17) is 0 Å². The van der Waals surface area contributed by atoms with Crippen LogP contribution in [0.5, 0.6) is 0 Å². The van der Waals surface area contributed by atoms with Crippen molar-refractivity contribution in [2.24, 2.45) is 0 Å². The largest absolute Gasteiger partial charge is 0.476 e. The van der Waals surface area contributed by atoms with Gasteiger partial charge < -0.3 is 10.0 Å². The normalized spacial score (nSPS) is 10.8. The van der Waals surface area contributed by atoms with Crippen molar-refractivity contribution in [1.29, 1.82) is 0 Å². The van der Waals surface area contributed by atoms with E-state index >= 15 is 0 Å². The summed E-state index contributed by atoms with van der Waals surface area (Å²) in [7, 11) is 0. The minimum absolute atomic E-state index is 0.112. The molecule has 1 rings (SSSR count). The minimum atomic E-state index is -0.989. The second kappa shape index (κ2) is 7.07. The summed E-state index contributed by atoms with van der Waals surface area (Å²) >= 11 is 0. The number of aromatic carboxylic acids is 1. The molecule has 0 aliphatic carbocycles. The standard InChI is InChI=1S/C14H23N3O2/c1-5-7-17(8-6-2)11-9-15-13(10(3)4)16-12(11)14(18)19/h9-10H,5-8H2,1-4H3,(H,18,19). The van der Waals surface area contributed by atoms with Gasteiger partial charge in [0.25, 0.3) is 0 Å². The van der Waals surface area contributed by atoms with Gasteiger partial charge in [0.05, 0.1) is 11.9 Å². The second-order valence-electron chi connectivity index (χ2n) is 4.91. The Morgan fingerprint density at radius 2 is 1.89 bits per heavy atom. The maximum absolute atomic E-state index is 11.4. The molecule has 0 amide bonds. The van der Waals surface area contributed by atoms with Gasteiger partial charge in [-0.05, 0) is 12.8 Å². The molecule has 1 aromatic heterocycles. The summed E-state index contributed by atoms with van der Waals surface area (Å²) in [5.41, 5.74) is 0.737. The van der Waals surface area contributed by atoms with Crippen LogP contribution in [-0.2, 0) is 0 Å². The van der Waals surface area contributed by atoms with E-state index in [1.54, 1.807) is 6.20 Å². The average molecular weight is 265 g/mol. The molecule has 0 saturated heterocycles. The van der Waals surface area contributed by atoms with Gasteiger partial charge in [-0.1, -0.05) is 27.7 Å². The molecule has 0 atom stereocenters. The first kappa shape index (κ1) is 15.4. The number of carboxylic acids is 1. The Labute approximate surface area is 114 Å². The van der Waals surface area contributed by atoms with E-state index in [1.165, 1.54) is 0 Å². The maximum atomic E-state index is 11.4. The lowest BCUT2D eigenvalue weighted by Crippen LogP contribution is -2.28. The highest BCUT2D eigenvalue weighted by Gasteiger charge is 2.19. The molecule has 1 N–H and O–H groups in total. The molecule has 5 heteroatoms. The number of aromatic nitrogens is 2. The molecule has 0 aromatic carbocycles. The number of carboxylic acid groups (broad SMARTS) is 1. The first-order valence-corrected chi connectivity index (χ1v) is 6.86. The molecule has 0 unspecified atom stereocenters. The molecule has 0 fully saturated rings. The van der Waals surface area contributed by atoms with E-state index in [-0.39, 0.29) is 11.6 Å². The van der Waals surface area contributed by atoms with Gasteiger partial charge in [0.1, 0.15) is 5.82 Å². The number of anilines is 1. The van der Waals surface area contributed by atoms with E-state index in [0.29, 0.717) is 11.5 Å². The van der Waals surface area contributed by atoms with Crippen LogP contribution in [0.25, 0.3) is 0 Å². The number of carbonyl (C=O) groups is 1. The van der Waals surface area contributed by atoms with E-state index in [9.17, 15) is 9.90 Å². The van der Waals surface area contributed by atoms with Crippen molar-refractivity contribution in [3.63, 3.8) is 0 Å². The fourth-order valence-corrected chi connectivity index (χ4v) is 1.95. The highest BCUT2D eigenvalue weighted by molar-refractivity contribution is 5.92. The Bertz CT molecular complexity index is 427. The highest BCUT2D eigenvalue weighted by atomic mass is 16.4. The van der Waals surface area contributed by atoms with Crippen molar-refractivity contribution in [2.45, 2.75) is 46.5 Å². The Morgan fingerprint density at radius 3 is 2.32 bits per heavy atom. The summed E-state index contributed by atoms with van der Waals surface area (Å²) in [6, 6.07) is 0. The third kappa shape index (κ3) is 3.91. The molecule has 19 heavy (non-hydrogen) atoms. The Balaban J connectivity index is 3.20. The zero-order valence-corrected chi connectivity index (χ0v) is 12.2. The van der Waals surface area contributed by atoms with Crippen LogP contribution in [0.2, 0.25) is 0 Å². The van der Waals surface area contributed by atoms with Crippen LogP contribution in [0, 0.1) is 0 Å². The van der Waals surface area contributed by atoms with E-state index in [0.717, 1.165) is 25.9 Å². The summed E-state index contributed by atoms with van der Waals surface area (Å²) in [5.74, 6) is -0.288. The van der Waals surface area contributed by atoms with Crippen molar-refractivity contribution < 1.29 is 9.90 Å². The van der Waals surface area contributed by atoms with Gasteiger partial charge in [-0.3, -0.25) is 0 Å². The van der Waals surface area contributed by atoms with Crippen LogP contribution < -0.4 is 4.90 Å². The third-order valence-electron chi connectivity index (χ3n) is 2.83. The molecule has 5 nitrogen and oxygen atoms in total. The van der Waals surface area contributed by atoms with Gasteiger partial charge in [-0.15, -0.1) is 0 Å². The molecule has 0 aliphatic heterocycles. The van der Waals surface area contributed by atoms with E-state index in [2.05, 4.69) is 23.8 Å². The first-order valence-electron chi connectivity index (χ1n) is 6.86. The zero-order chi connectivity index (χ0) is 14.4. The Kier molecular flexibility index (Phi) is 5.73. The molecule has 0 saturated carbocycles. The van der Waals surface area contributed by atoms with Gasteiger partial charge in [-0.25, -0.2) is 14.8 Å². The molecule has 0 spiro atoms. The molecule has 1 heterocycles. The maximum Gasteiger partial charge on any atom is 0.356 e. The third-order valence-corrected chi connectivity index (χ3v) is 2.83. The SMILES string of the molecule is CCCN(CCC)c1cnc(C(C)C)nc1C(=O)O. The van der Waals surface area contributed by atoms with Crippen LogP contribution in [0.1, 0.15) is 62.8 Å². The predicted octanol–water partition coefficient (Wildman–Crippen LogP) is 2.92. The van der Waals surface area contributed by atoms with Crippen molar-refractivity contribution in [2.75, 3.05) is 18.0 Å². The lowest BCUT2D eigenvalue weighted by atomic mass is 10.2. The lowest BCUT2D eigenvalue weighted by Gasteiger charge is -2.24. The molecular weight excluding hydrogens is 242 g/mol. The molecular formula is C14H23N3O2. The Hall–Kier alpha value is -1.65. The summed E-state index contributed by atoms with van der Waals surface area (Å²) in [4.78, 5) is 21.9. The molecule has 106 valence electrons. The zero-order valence-electron chi connectivity index (χ0n) is 12.2. The average Bonchev–Trinajstić information content (AvgIpc) is 2.37. The van der Waals surface area contributed by atoms with Crippen molar-refractivity contribution in [3.8, 4) is 0 Å². The van der Waals surface area contributed by atoms with Crippen LogP contribution in [-0.4, -0.2) is 34.1 Å². The number of hydrogen-bond acceptors (Lipinski definition) is 4. The van der Waals surface area contributed by atoms with Gasteiger partial charge in [0.2, 0.25) is 0 Å². The monoisotopic (exact) mass is 265 g/mol. The van der Waals surface area contributed by atoms with Crippen molar-refractivity contribution in [3.05, 3.63) is 17.7 Å². The predicted molar refractivity (Wildman–Crippen MR) is 75.9 cm³/mol. The highest BCUT2D eigenvalue weighted by Crippen LogP contribution is 2.21. The van der Waals surface area contributed by atoms with Gasteiger partial charge in [0, 0.05) is 19.0 Å².